The highest BCUT2D eigenvalue weighted by Gasteiger charge is 2.15. The number of carbonyl (C=O) groups is 1. The maximum atomic E-state index is 13.6. The number of aromatic nitrogens is 2. The molecule has 0 saturated carbocycles. The van der Waals surface area contributed by atoms with Crippen molar-refractivity contribution in [1.29, 1.82) is 0 Å². The summed E-state index contributed by atoms with van der Waals surface area (Å²) in [6, 6.07) is 2.88. The van der Waals surface area contributed by atoms with Crippen LogP contribution >= 0.6 is 0 Å². The lowest BCUT2D eigenvalue weighted by atomic mass is 10.2. The molecule has 0 saturated heterocycles. The summed E-state index contributed by atoms with van der Waals surface area (Å²) in [5, 5.41) is 11.5. The molecular weight excluding hydrogens is 256 g/mol. The van der Waals surface area contributed by atoms with Gasteiger partial charge in [0.05, 0.1) is 5.56 Å². The summed E-state index contributed by atoms with van der Waals surface area (Å²) in [6.07, 6.45) is 1.04. The molecule has 0 atom stereocenters. The third-order valence-electron chi connectivity index (χ3n) is 2.43. The fourth-order valence-electron chi connectivity index (χ4n) is 1.53. The predicted molar refractivity (Wildman–Crippen MR) is 63.9 cm³/mol. The van der Waals surface area contributed by atoms with Crippen LogP contribution in [0, 0.1) is 11.6 Å². The van der Waals surface area contributed by atoms with Crippen molar-refractivity contribution in [2.75, 3.05) is 12.4 Å². The van der Waals surface area contributed by atoms with E-state index in [0.717, 1.165) is 24.4 Å². The van der Waals surface area contributed by atoms with Gasteiger partial charge in [0, 0.05) is 13.2 Å². The van der Waals surface area contributed by atoms with E-state index in [-0.39, 0.29) is 22.8 Å². The Morgan fingerprint density at radius 3 is 2.74 bits per heavy atom. The average Bonchev–Trinajstić information content (AvgIpc) is 2.40. The lowest BCUT2D eigenvalue weighted by Gasteiger charge is -2.07. The molecule has 19 heavy (non-hydrogen) atoms. The van der Waals surface area contributed by atoms with Gasteiger partial charge in [-0.25, -0.2) is 23.5 Å². The Hall–Kier alpha value is -2.57. The van der Waals surface area contributed by atoms with Crippen molar-refractivity contribution in [1.82, 2.24) is 9.97 Å². The zero-order valence-electron chi connectivity index (χ0n) is 9.82. The van der Waals surface area contributed by atoms with Gasteiger partial charge in [0.15, 0.2) is 5.82 Å². The number of carboxylic acid groups (broad SMARTS) is 1. The minimum atomic E-state index is -1.21. The predicted octanol–water partition coefficient (Wildman–Crippen LogP) is 2.16. The van der Waals surface area contributed by atoms with Gasteiger partial charge < -0.3 is 10.4 Å². The van der Waals surface area contributed by atoms with Gasteiger partial charge in [-0.1, -0.05) is 0 Å². The van der Waals surface area contributed by atoms with E-state index < -0.39 is 17.6 Å². The lowest BCUT2D eigenvalue weighted by molar-refractivity contribution is 0.0697. The highest BCUT2D eigenvalue weighted by Crippen LogP contribution is 2.22. The van der Waals surface area contributed by atoms with Gasteiger partial charge in [-0.15, -0.1) is 0 Å². The Kier molecular flexibility index (Phi) is 3.37. The van der Waals surface area contributed by atoms with Crippen LogP contribution in [-0.4, -0.2) is 28.1 Å². The van der Waals surface area contributed by atoms with Crippen LogP contribution < -0.4 is 5.32 Å². The van der Waals surface area contributed by atoms with Crippen LogP contribution in [-0.2, 0) is 0 Å². The molecule has 0 fully saturated rings. The third-order valence-corrected chi connectivity index (χ3v) is 2.43. The third kappa shape index (κ3) is 2.49. The number of carboxylic acids is 1. The Morgan fingerprint density at radius 1 is 1.37 bits per heavy atom. The van der Waals surface area contributed by atoms with Gasteiger partial charge in [0.25, 0.3) is 0 Å². The van der Waals surface area contributed by atoms with E-state index in [1.54, 1.807) is 0 Å². The van der Waals surface area contributed by atoms with E-state index in [4.69, 9.17) is 5.11 Å². The number of rotatable bonds is 3. The Bertz CT molecular complexity index is 647. The molecule has 2 aromatic rings. The topological polar surface area (TPSA) is 75.1 Å². The SMILES string of the molecule is CNc1nc(-c2cc(F)ccc2F)ncc1C(=O)O. The monoisotopic (exact) mass is 265 g/mol. The molecule has 0 aliphatic heterocycles. The largest absolute Gasteiger partial charge is 0.477 e. The highest BCUT2D eigenvalue weighted by atomic mass is 19.1. The number of nitrogens with zero attached hydrogens (tertiary/aromatic N) is 2. The van der Waals surface area contributed by atoms with Gasteiger partial charge in [-0.05, 0) is 18.2 Å². The summed E-state index contributed by atoms with van der Waals surface area (Å²) >= 11 is 0. The zero-order valence-corrected chi connectivity index (χ0v) is 9.82. The Labute approximate surface area is 106 Å². The smallest absolute Gasteiger partial charge is 0.341 e. The summed E-state index contributed by atoms with van der Waals surface area (Å²) in [5.41, 5.74) is -0.281. The minimum Gasteiger partial charge on any atom is -0.477 e. The summed E-state index contributed by atoms with van der Waals surface area (Å²) < 4.78 is 26.7. The first-order valence-corrected chi connectivity index (χ1v) is 5.26. The molecule has 1 heterocycles. The number of halogens is 2. The van der Waals surface area contributed by atoms with E-state index in [1.807, 2.05) is 0 Å². The van der Waals surface area contributed by atoms with E-state index in [2.05, 4.69) is 15.3 Å². The molecule has 0 aliphatic rings. The van der Waals surface area contributed by atoms with Crippen molar-refractivity contribution in [2.24, 2.45) is 0 Å². The zero-order chi connectivity index (χ0) is 14.0. The lowest BCUT2D eigenvalue weighted by Crippen LogP contribution is -2.07. The summed E-state index contributed by atoms with van der Waals surface area (Å²) in [6.45, 7) is 0. The normalized spacial score (nSPS) is 10.3. The molecule has 1 aromatic carbocycles. The van der Waals surface area contributed by atoms with E-state index in [9.17, 15) is 13.6 Å². The van der Waals surface area contributed by atoms with Crippen molar-refractivity contribution in [3.8, 4) is 11.4 Å². The maximum absolute atomic E-state index is 13.6. The molecule has 0 spiro atoms. The van der Waals surface area contributed by atoms with Gasteiger partial charge >= 0.3 is 5.97 Å². The molecule has 0 amide bonds. The van der Waals surface area contributed by atoms with Crippen LogP contribution in [0.25, 0.3) is 11.4 Å². The fraction of sp³-hybridized carbons (Fsp3) is 0.0833. The number of anilines is 1. The minimum absolute atomic E-state index is 0.0289. The number of benzene rings is 1. The molecule has 7 heteroatoms. The number of nitrogens with one attached hydrogen (secondary N) is 1. The molecule has 0 unspecified atom stereocenters. The highest BCUT2D eigenvalue weighted by molar-refractivity contribution is 5.93. The number of hydrogen-bond acceptors (Lipinski definition) is 4. The van der Waals surface area contributed by atoms with Crippen LogP contribution in [0.4, 0.5) is 14.6 Å². The summed E-state index contributed by atoms with van der Waals surface area (Å²) in [4.78, 5) is 18.5. The molecule has 0 aliphatic carbocycles. The molecule has 0 bridgehead atoms. The first kappa shape index (κ1) is 12.9. The Balaban J connectivity index is 2.57. The Morgan fingerprint density at radius 2 is 2.11 bits per heavy atom. The second-order valence-electron chi connectivity index (χ2n) is 3.64. The summed E-state index contributed by atoms with van der Waals surface area (Å²) in [7, 11) is 1.47. The van der Waals surface area contributed by atoms with Crippen molar-refractivity contribution in [3.05, 3.63) is 41.6 Å². The molecular formula is C12H9F2N3O2. The van der Waals surface area contributed by atoms with Crippen LogP contribution in [0.15, 0.2) is 24.4 Å². The quantitative estimate of drug-likeness (QED) is 0.889. The molecule has 1 aromatic heterocycles. The van der Waals surface area contributed by atoms with Gasteiger partial charge in [-0.3, -0.25) is 0 Å². The molecule has 0 radical (unpaired) electrons. The standard InChI is InChI=1S/C12H9F2N3O2/c1-15-10-8(12(18)19)5-16-11(17-10)7-4-6(13)2-3-9(7)14/h2-5H,1H3,(H,18,19)(H,15,16,17). The molecule has 2 rings (SSSR count). The van der Waals surface area contributed by atoms with Crippen molar-refractivity contribution >= 4 is 11.8 Å². The van der Waals surface area contributed by atoms with Crippen LogP contribution in [0.2, 0.25) is 0 Å². The number of hydrogen-bond donors (Lipinski definition) is 2. The first-order chi connectivity index (χ1) is 9.02. The van der Waals surface area contributed by atoms with E-state index in [0.29, 0.717) is 0 Å². The van der Waals surface area contributed by atoms with E-state index >= 15 is 0 Å². The van der Waals surface area contributed by atoms with Crippen molar-refractivity contribution in [3.63, 3.8) is 0 Å². The van der Waals surface area contributed by atoms with Gasteiger partial charge in [0.2, 0.25) is 0 Å². The summed E-state index contributed by atoms with van der Waals surface area (Å²) in [5.74, 6) is -2.59. The van der Waals surface area contributed by atoms with Crippen LogP contribution in [0.1, 0.15) is 10.4 Å². The molecule has 5 nitrogen and oxygen atoms in total. The van der Waals surface area contributed by atoms with Crippen LogP contribution in [0.3, 0.4) is 0 Å². The van der Waals surface area contributed by atoms with Crippen molar-refractivity contribution < 1.29 is 18.7 Å². The van der Waals surface area contributed by atoms with Gasteiger partial charge in [0.1, 0.15) is 23.0 Å². The van der Waals surface area contributed by atoms with E-state index in [1.165, 1.54) is 7.05 Å². The van der Waals surface area contributed by atoms with Crippen LogP contribution in [0.5, 0.6) is 0 Å². The van der Waals surface area contributed by atoms with Crippen molar-refractivity contribution in [2.45, 2.75) is 0 Å². The molecule has 2 N–H and O–H groups in total. The van der Waals surface area contributed by atoms with Gasteiger partial charge in [-0.2, -0.15) is 0 Å². The first-order valence-electron chi connectivity index (χ1n) is 5.26. The number of aromatic carboxylic acids is 1. The second kappa shape index (κ2) is 4.97. The fourth-order valence-corrected chi connectivity index (χ4v) is 1.53. The average molecular weight is 265 g/mol. The maximum Gasteiger partial charge on any atom is 0.341 e. The second-order valence-corrected chi connectivity index (χ2v) is 3.64. The molecule has 98 valence electrons.